The van der Waals surface area contributed by atoms with Gasteiger partial charge in [0.2, 0.25) is 0 Å². The van der Waals surface area contributed by atoms with Gasteiger partial charge in [0.05, 0.1) is 6.42 Å². The van der Waals surface area contributed by atoms with E-state index in [4.69, 9.17) is 6.58 Å². The zero-order chi connectivity index (χ0) is 40.9. The monoisotopic (exact) mass is 771 g/mol. The number of carbonyl (C=O) groups is 1. The molecule has 7 rings (SSSR count). The van der Waals surface area contributed by atoms with Crippen LogP contribution in [0.4, 0.5) is 5.69 Å². The zero-order valence-electron chi connectivity index (χ0n) is 34.0. The lowest BCUT2D eigenvalue weighted by Crippen LogP contribution is -2.36. The van der Waals surface area contributed by atoms with Gasteiger partial charge in [0.15, 0.2) is 0 Å². The second-order valence-electron chi connectivity index (χ2n) is 15.6. The van der Waals surface area contributed by atoms with Crippen LogP contribution in [0.15, 0.2) is 230 Å². The molecule has 0 fully saturated rings. The number of hydrogen-bond acceptors (Lipinski definition) is 2. The average Bonchev–Trinajstić information content (AvgIpc) is 3.50. The van der Waals surface area contributed by atoms with Gasteiger partial charge in [-0.15, -0.1) is 0 Å². The lowest BCUT2D eigenvalue weighted by Gasteiger charge is -2.37. The summed E-state index contributed by atoms with van der Waals surface area (Å²) < 4.78 is 0. The van der Waals surface area contributed by atoms with Crippen molar-refractivity contribution in [2.24, 2.45) is 0 Å². The highest BCUT2D eigenvalue weighted by Gasteiger charge is 2.47. The number of para-hydroxylation sites is 1. The molecule has 0 unspecified atom stereocenters. The Morgan fingerprint density at radius 1 is 0.610 bits per heavy atom. The summed E-state index contributed by atoms with van der Waals surface area (Å²) in [5.41, 5.74) is 11.2. The molecule has 0 saturated carbocycles. The first-order chi connectivity index (χ1) is 28.9. The van der Waals surface area contributed by atoms with Crippen molar-refractivity contribution in [3.05, 3.63) is 269 Å². The SMILES string of the molecule is C=C(/C=C/C=C/C=C/C=C1/N(CCC(=O)O)c2ccccc2C1(Cc1ccccc1)Cc1ccccc1)C(Cc1ccccc1)(Cc1ccccc1)c1ccccc1C. The summed E-state index contributed by atoms with van der Waals surface area (Å²) in [7, 11) is 0. The van der Waals surface area contributed by atoms with E-state index in [-0.39, 0.29) is 11.8 Å². The average molecular weight is 772 g/mol. The fourth-order valence-corrected chi connectivity index (χ4v) is 8.98. The third kappa shape index (κ3) is 9.54. The maximum atomic E-state index is 12.0. The van der Waals surface area contributed by atoms with E-state index in [1.165, 1.54) is 38.9 Å². The smallest absolute Gasteiger partial charge is 0.305 e. The van der Waals surface area contributed by atoms with Crippen molar-refractivity contribution in [1.82, 2.24) is 0 Å². The highest BCUT2D eigenvalue weighted by atomic mass is 16.4. The minimum Gasteiger partial charge on any atom is -0.481 e. The van der Waals surface area contributed by atoms with Gasteiger partial charge in [-0.25, -0.2) is 0 Å². The quantitative estimate of drug-likeness (QED) is 0.0939. The predicted molar refractivity (Wildman–Crippen MR) is 246 cm³/mol. The molecule has 1 N–H and O–H groups in total. The summed E-state index contributed by atoms with van der Waals surface area (Å²) in [4.78, 5) is 14.2. The molecule has 6 aromatic carbocycles. The molecule has 3 nitrogen and oxygen atoms in total. The number of nitrogens with zero attached hydrogens (tertiary/aromatic N) is 1. The van der Waals surface area contributed by atoms with Crippen molar-refractivity contribution in [2.45, 2.75) is 49.9 Å². The number of hydrogen-bond donors (Lipinski definition) is 1. The number of carboxylic acid groups (broad SMARTS) is 1. The fourth-order valence-electron chi connectivity index (χ4n) is 8.98. The lowest BCUT2D eigenvalue weighted by atomic mass is 9.65. The summed E-state index contributed by atoms with van der Waals surface area (Å²) in [5, 5.41) is 9.84. The molecule has 0 atom stereocenters. The van der Waals surface area contributed by atoms with E-state index in [0.717, 1.165) is 42.6 Å². The van der Waals surface area contributed by atoms with Gasteiger partial charge < -0.3 is 10.0 Å². The molecule has 59 heavy (non-hydrogen) atoms. The molecular formula is C56H53NO2. The molecule has 6 aromatic rings. The second kappa shape index (κ2) is 19.2. The van der Waals surface area contributed by atoms with Gasteiger partial charge in [-0.3, -0.25) is 4.79 Å². The Labute approximate surface area is 350 Å². The van der Waals surface area contributed by atoms with Crippen LogP contribution in [-0.2, 0) is 41.3 Å². The number of carboxylic acids is 1. The molecule has 1 aliphatic rings. The van der Waals surface area contributed by atoms with Crippen LogP contribution in [-0.4, -0.2) is 17.6 Å². The zero-order valence-corrected chi connectivity index (χ0v) is 34.0. The molecule has 0 aromatic heterocycles. The van der Waals surface area contributed by atoms with Crippen LogP contribution in [0.3, 0.4) is 0 Å². The van der Waals surface area contributed by atoms with E-state index >= 15 is 0 Å². The molecule has 3 heteroatoms. The molecule has 0 amide bonds. The molecule has 294 valence electrons. The second-order valence-corrected chi connectivity index (χ2v) is 15.6. The predicted octanol–water partition coefficient (Wildman–Crippen LogP) is 12.5. The Kier molecular flexibility index (Phi) is 13.1. The summed E-state index contributed by atoms with van der Waals surface area (Å²) in [6.07, 6.45) is 18.0. The van der Waals surface area contributed by atoms with E-state index in [0.29, 0.717) is 6.54 Å². The minimum absolute atomic E-state index is 0.0370. The van der Waals surface area contributed by atoms with Crippen LogP contribution in [0.1, 0.15) is 45.4 Å². The van der Waals surface area contributed by atoms with Gasteiger partial charge in [-0.05, 0) is 89.3 Å². The van der Waals surface area contributed by atoms with Crippen LogP contribution >= 0.6 is 0 Å². The van der Waals surface area contributed by atoms with E-state index < -0.39 is 11.4 Å². The molecule has 1 heterocycles. The molecule has 0 radical (unpaired) electrons. The third-order valence-electron chi connectivity index (χ3n) is 11.7. The fraction of sp³-hybridized carbons (Fsp3) is 0.161. The number of allylic oxidation sites excluding steroid dienone is 9. The summed E-state index contributed by atoms with van der Waals surface area (Å²) in [6.45, 7) is 7.36. The van der Waals surface area contributed by atoms with Gasteiger partial charge in [0.1, 0.15) is 0 Å². The maximum Gasteiger partial charge on any atom is 0.305 e. The summed E-state index contributed by atoms with van der Waals surface area (Å²) in [5.74, 6) is -0.809. The number of benzene rings is 6. The Morgan fingerprint density at radius 3 is 1.64 bits per heavy atom. The summed E-state index contributed by atoms with van der Waals surface area (Å²) >= 11 is 0. The first kappa shape index (κ1) is 40.5. The van der Waals surface area contributed by atoms with Gasteiger partial charge >= 0.3 is 5.97 Å². The molecular weight excluding hydrogens is 719 g/mol. The maximum absolute atomic E-state index is 12.0. The number of rotatable bonds is 17. The Bertz CT molecular complexity index is 2360. The summed E-state index contributed by atoms with van der Waals surface area (Å²) in [6, 6.07) is 60.0. The molecule has 0 spiro atoms. The van der Waals surface area contributed by atoms with Crippen molar-refractivity contribution >= 4 is 11.7 Å². The first-order valence-corrected chi connectivity index (χ1v) is 20.6. The largest absolute Gasteiger partial charge is 0.481 e. The van der Waals surface area contributed by atoms with Gasteiger partial charge in [0, 0.05) is 28.8 Å². The topological polar surface area (TPSA) is 40.5 Å². The highest BCUT2D eigenvalue weighted by molar-refractivity contribution is 5.74. The van der Waals surface area contributed by atoms with Gasteiger partial charge in [0.25, 0.3) is 0 Å². The van der Waals surface area contributed by atoms with Crippen molar-refractivity contribution in [3.63, 3.8) is 0 Å². The molecule has 1 aliphatic heterocycles. The van der Waals surface area contributed by atoms with Crippen LogP contribution in [0.25, 0.3) is 0 Å². The van der Waals surface area contributed by atoms with Crippen molar-refractivity contribution < 1.29 is 9.90 Å². The Hall–Kier alpha value is -6.71. The van der Waals surface area contributed by atoms with E-state index in [1.807, 2.05) is 0 Å². The van der Waals surface area contributed by atoms with E-state index in [2.05, 4.69) is 224 Å². The highest BCUT2D eigenvalue weighted by Crippen LogP contribution is 2.52. The Morgan fingerprint density at radius 2 is 1.08 bits per heavy atom. The first-order valence-electron chi connectivity index (χ1n) is 20.6. The van der Waals surface area contributed by atoms with Crippen LogP contribution in [0.5, 0.6) is 0 Å². The van der Waals surface area contributed by atoms with E-state index in [1.54, 1.807) is 0 Å². The third-order valence-corrected chi connectivity index (χ3v) is 11.7. The number of aliphatic carboxylic acids is 1. The molecule has 0 aliphatic carbocycles. The van der Waals surface area contributed by atoms with Gasteiger partial charge in [-0.1, -0.05) is 207 Å². The number of fused-ring (bicyclic) bond motifs is 1. The van der Waals surface area contributed by atoms with Gasteiger partial charge in [-0.2, -0.15) is 0 Å². The van der Waals surface area contributed by atoms with Crippen LogP contribution < -0.4 is 4.90 Å². The molecule has 0 saturated heterocycles. The van der Waals surface area contributed by atoms with Crippen LogP contribution in [0, 0.1) is 6.92 Å². The number of anilines is 1. The minimum atomic E-state index is -0.809. The lowest BCUT2D eigenvalue weighted by molar-refractivity contribution is -0.136. The Balaban J connectivity index is 1.23. The van der Waals surface area contributed by atoms with Crippen molar-refractivity contribution in [3.8, 4) is 0 Å². The molecule has 0 bridgehead atoms. The van der Waals surface area contributed by atoms with Crippen LogP contribution in [0.2, 0.25) is 0 Å². The number of aryl methyl sites for hydroxylation is 1. The van der Waals surface area contributed by atoms with Crippen molar-refractivity contribution in [1.29, 1.82) is 0 Å². The normalized spacial score (nSPS) is 14.4. The van der Waals surface area contributed by atoms with E-state index in [9.17, 15) is 9.90 Å². The standard InChI is InChI=1S/C56H53NO2/c1-44-24-20-21-34-50(44)55(40-46-26-11-6-12-27-46,41-47-28-13-7-14-29-47)45(2)25-10-4-3-5-19-37-53-56(42-48-30-15-8-16-31-48,43-49-32-17-9-18-33-49)51-35-22-23-36-52(51)57(53)39-38-54(58)59/h3-37H,2,38-43H2,1H3,(H,58,59)/b4-3+,19-5+,25-10+,53-37+. The van der Waals surface area contributed by atoms with Crippen molar-refractivity contribution in [2.75, 3.05) is 11.4 Å².